The van der Waals surface area contributed by atoms with Gasteiger partial charge in [0, 0.05) is 18.2 Å². The van der Waals surface area contributed by atoms with Gasteiger partial charge in [0.15, 0.2) is 0 Å². The number of hydrogen-bond acceptors (Lipinski definition) is 3. The Kier molecular flexibility index (Phi) is 10.1. The fourth-order valence-electron chi connectivity index (χ4n) is 0.971. The van der Waals surface area contributed by atoms with Gasteiger partial charge in [0.1, 0.15) is 6.04 Å². The summed E-state index contributed by atoms with van der Waals surface area (Å²) in [4.78, 5) is 23.5. The Bertz CT molecular complexity index is 261. The van der Waals surface area contributed by atoms with E-state index in [1.165, 1.54) is 25.3 Å². The average Bonchev–Trinajstić information content (AvgIpc) is 2.23. The molecule has 0 rings (SSSR count). The molecule has 0 heterocycles. The number of nitrogens with zero attached hydrogens (tertiary/aromatic N) is 1. The summed E-state index contributed by atoms with van der Waals surface area (Å²) in [6.07, 6.45) is 2.20. The summed E-state index contributed by atoms with van der Waals surface area (Å²) in [6, 6.07) is -0.777. The molecule has 0 aliphatic heterocycles. The first-order valence-electron chi connectivity index (χ1n) is 6.27. The highest BCUT2D eigenvalue weighted by Crippen LogP contribution is 2.19. The van der Waals surface area contributed by atoms with Crippen LogP contribution in [0.15, 0.2) is 0 Å². The van der Waals surface area contributed by atoms with Crippen LogP contribution in [0.1, 0.15) is 53.9 Å². The third-order valence-electron chi connectivity index (χ3n) is 2.28. The number of carbonyl (C=O) groups excluding carboxylic acids is 1. The highest BCUT2D eigenvalue weighted by atomic mass is 32.1. The van der Waals surface area contributed by atoms with Crippen LogP contribution in [0.3, 0.4) is 0 Å². The lowest BCUT2D eigenvalue weighted by Gasteiger charge is -2.23. The summed E-state index contributed by atoms with van der Waals surface area (Å²) in [5.41, 5.74) is 0. The topological polar surface area (TPSA) is 57.6 Å². The van der Waals surface area contributed by atoms with Crippen molar-refractivity contribution >= 4 is 24.5 Å². The molecule has 1 atom stereocenters. The van der Waals surface area contributed by atoms with Gasteiger partial charge in [0.2, 0.25) is 5.91 Å². The third kappa shape index (κ3) is 10.4. The predicted octanol–water partition coefficient (Wildman–Crippen LogP) is 2.82. The number of aliphatic carboxylic acids is 1. The molecule has 1 amide bonds. The van der Waals surface area contributed by atoms with Gasteiger partial charge in [-0.1, -0.05) is 34.1 Å². The molecule has 5 heteroatoms. The fraction of sp³-hybridized carbons (Fsp3) is 0.846. The maximum absolute atomic E-state index is 11.6. The van der Waals surface area contributed by atoms with E-state index in [4.69, 9.17) is 5.11 Å². The van der Waals surface area contributed by atoms with Crippen LogP contribution in [0, 0.1) is 0 Å². The van der Waals surface area contributed by atoms with Crippen molar-refractivity contribution in [1.82, 2.24) is 4.90 Å². The molecule has 0 spiro atoms. The molecular formula is C13H27NO3S. The van der Waals surface area contributed by atoms with Gasteiger partial charge in [-0.25, -0.2) is 4.79 Å². The lowest BCUT2D eigenvalue weighted by Crippen LogP contribution is -2.40. The van der Waals surface area contributed by atoms with E-state index in [-0.39, 0.29) is 10.7 Å². The summed E-state index contributed by atoms with van der Waals surface area (Å²) >= 11 is 4.30. The first-order valence-corrected chi connectivity index (χ1v) is 6.72. The fourth-order valence-corrected chi connectivity index (χ4v) is 1.08. The van der Waals surface area contributed by atoms with Gasteiger partial charge < -0.3 is 10.0 Å². The van der Waals surface area contributed by atoms with Crippen LogP contribution in [0.2, 0.25) is 0 Å². The molecule has 0 radical (unpaired) electrons. The molecule has 0 aromatic carbocycles. The van der Waals surface area contributed by atoms with Crippen LogP contribution >= 0.6 is 12.6 Å². The summed E-state index contributed by atoms with van der Waals surface area (Å²) < 4.78 is -0.205. The predicted molar refractivity (Wildman–Crippen MR) is 78.1 cm³/mol. The maximum Gasteiger partial charge on any atom is 0.326 e. The van der Waals surface area contributed by atoms with Crippen molar-refractivity contribution in [3.8, 4) is 0 Å². The molecule has 1 unspecified atom stereocenters. The molecule has 0 aromatic rings. The van der Waals surface area contributed by atoms with Gasteiger partial charge in [0.25, 0.3) is 0 Å². The minimum Gasteiger partial charge on any atom is -0.480 e. The molecule has 0 bridgehead atoms. The van der Waals surface area contributed by atoms with Gasteiger partial charge in [-0.2, -0.15) is 12.6 Å². The number of carbonyl (C=O) groups is 2. The Morgan fingerprint density at radius 3 is 2.00 bits per heavy atom. The number of carboxylic acids is 1. The monoisotopic (exact) mass is 277 g/mol. The average molecular weight is 277 g/mol. The van der Waals surface area contributed by atoms with Crippen molar-refractivity contribution in [2.75, 3.05) is 7.05 Å². The molecule has 0 aliphatic carbocycles. The first-order chi connectivity index (χ1) is 8.06. The molecule has 0 saturated carbocycles. The van der Waals surface area contributed by atoms with Crippen molar-refractivity contribution in [2.45, 2.75) is 64.7 Å². The number of carboxylic acid groups (broad SMARTS) is 1. The van der Waals surface area contributed by atoms with Crippen LogP contribution in [0.25, 0.3) is 0 Å². The van der Waals surface area contributed by atoms with Crippen LogP contribution < -0.4 is 0 Å². The molecular weight excluding hydrogens is 250 g/mol. The first kappa shape index (κ1) is 19.6. The zero-order chi connectivity index (χ0) is 14.9. The Morgan fingerprint density at radius 1 is 1.33 bits per heavy atom. The molecule has 0 aliphatic rings. The minimum atomic E-state index is -0.990. The van der Waals surface area contributed by atoms with Crippen LogP contribution in [0.5, 0.6) is 0 Å². The van der Waals surface area contributed by atoms with E-state index >= 15 is 0 Å². The molecule has 0 fully saturated rings. The molecule has 4 nitrogen and oxygen atoms in total. The zero-order valence-corrected chi connectivity index (χ0v) is 13.3. The number of likely N-dealkylation sites (N-methyl/N-ethyl adjacent to an activating group) is 1. The van der Waals surface area contributed by atoms with Gasteiger partial charge in [-0.15, -0.1) is 0 Å². The van der Waals surface area contributed by atoms with E-state index < -0.39 is 12.0 Å². The molecule has 108 valence electrons. The van der Waals surface area contributed by atoms with Crippen LogP contribution in [0.4, 0.5) is 0 Å². The van der Waals surface area contributed by atoms with Crippen molar-refractivity contribution in [1.29, 1.82) is 0 Å². The van der Waals surface area contributed by atoms with E-state index in [2.05, 4.69) is 26.5 Å². The number of hydrogen-bond donors (Lipinski definition) is 2. The Balaban J connectivity index is 0. The van der Waals surface area contributed by atoms with E-state index in [0.29, 0.717) is 12.8 Å². The smallest absolute Gasteiger partial charge is 0.326 e. The molecule has 0 saturated heterocycles. The van der Waals surface area contributed by atoms with E-state index in [9.17, 15) is 9.59 Å². The van der Waals surface area contributed by atoms with Crippen LogP contribution in [-0.2, 0) is 9.59 Å². The van der Waals surface area contributed by atoms with Gasteiger partial charge >= 0.3 is 5.97 Å². The Hall–Kier alpha value is -0.710. The molecule has 0 aromatic heterocycles. The maximum atomic E-state index is 11.6. The highest BCUT2D eigenvalue weighted by molar-refractivity contribution is 7.81. The molecule has 18 heavy (non-hydrogen) atoms. The summed E-state index contributed by atoms with van der Waals surface area (Å²) in [7, 11) is 1.51. The summed E-state index contributed by atoms with van der Waals surface area (Å²) in [5, 5.41) is 8.72. The SMILES string of the molecule is CC(C(=O)O)N(C)C(=O)CCC(C)(C)S.CCC. The van der Waals surface area contributed by atoms with E-state index in [1.807, 2.05) is 13.8 Å². The van der Waals surface area contributed by atoms with Crippen molar-refractivity contribution < 1.29 is 14.7 Å². The highest BCUT2D eigenvalue weighted by Gasteiger charge is 2.23. The van der Waals surface area contributed by atoms with Crippen LogP contribution in [-0.4, -0.2) is 39.7 Å². The lowest BCUT2D eigenvalue weighted by molar-refractivity contribution is -0.148. The Morgan fingerprint density at radius 2 is 1.72 bits per heavy atom. The largest absolute Gasteiger partial charge is 0.480 e. The minimum absolute atomic E-state index is 0.160. The van der Waals surface area contributed by atoms with E-state index in [0.717, 1.165) is 0 Å². The number of rotatable bonds is 5. The number of thiol groups is 1. The summed E-state index contributed by atoms with van der Waals surface area (Å²) in [5.74, 6) is -1.15. The summed E-state index contributed by atoms with van der Waals surface area (Å²) in [6.45, 7) is 9.58. The number of amides is 1. The Labute approximate surface area is 116 Å². The standard InChI is InChI=1S/C10H19NO3S.C3H8/c1-7(9(13)14)11(4)8(12)5-6-10(2,3)15;1-3-2/h7,15H,5-6H2,1-4H3,(H,13,14);3H2,1-2H3. The lowest BCUT2D eigenvalue weighted by atomic mass is 10.1. The van der Waals surface area contributed by atoms with Gasteiger partial charge in [0.05, 0.1) is 0 Å². The van der Waals surface area contributed by atoms with Crippen molar-refractivity contribution in [3.05, 3.63) is 0 Å². The molecule has 1 N–H and O–H groups in total. The zero-order valence-electron chi connectivity index (χ0n) is 12.4. The second-order valence-corrected chi connectivity index (χ2v) is 6.25. The quantitative estimate of drug-likeness (QED) is 0.760. The van der Waals surface area contributed by atoms with Crippen molar-refractivity contribution in [2.24, 2.45) is 0 Å². The second-order valence-electron chi connectivity index (χ2n) is 5.04. The van der Waals surface area contributed by atoms with E-state index in [1.54, 1.807) is 0 Å². The van der Waals surface area contributed by atoms with Gasteiger partial charge in [-0.05, 0) is 13.3 Å². The normalized spacial score (nSPS) is 12.2. The third-order valence-corrected chi connectivity index (χ3v) is 2.51. The second kappa shape index (κ2) is 9.25. The van der Waals surface area contributed by atoms with Gasteiger partial charge in [-0.3, -0.25) is 4.79 Å². The van der Waals surface area contributed by atoms with Crippen molar-refractivity contribution in [3.63, 3.8) is 0 Å².